The SMILES string of the molecule is O=C(O)C[S+]([O-])NC(CS)C(=O)O. The molecule has 13 heavy (non-hydrogen) atoms. The van der Waals surface area contributed by atoms with Gasteiger partial charge in [0.25, 0.3) is 0 Å². The molecule has 0 radical (unpaired) electrons. The lowest BCUT2D eigenvalue weighted by Crippen LogP contribution is -2.44. The summed E-state index contributed by atoms with van der Waals surface area (Å²) in [6.07, 6.45) is 0. The maximum absolute atomic E-state index is 10.8. The predicted octanol–water partition coefficient (Wildman–Crippen LogP) is -1.29. The van der Waals surface area contributed by atoms with Crippen LogP contribution in [0.4, 0.5) is 0 Å². The van der Waals surface area contributed by atoms with Crippen LogP contribution in [0.5, 0.6) is 0 Å². The van der Waals surface area contributed by atoms with Gasteiger partial charge in [-0.15, -0.1) is 4.72 Å². The number of carboxylic acids is 2. The summed E-state index contributed by atoms with van der Waals surface area (Å²) in [4.78, 5) is 20.4. The van der Waals surface area contributed by atoms with Crippen molar-refractivity contribution in [3.8, 4) is 0 Å². The molecule has 0 aliphatic rings. The van der Waals surface area contributed by atoms with Crippen molar-refractivity contribution in [3.63, 3.8) is 0 Å². The number of nitrogens with one attached hydrogen (secondary N) is 1. The maximum Gasteiger partial charge on any atom is 0.355 e. The first kappa shape index (κ1) is 12.6. The molecule has 76 valence electrons. The molecule has 8 heteroatoms. The molecule has 0 bridgehead atoms. The topological polar surface area (TPSA) is 110 Å². The highest BCUT2D eigenvalue weighted by Crippen LogP contribution is 1.93. The Balaban J connectivity index is 3.93. The highest BCUT2D eigenvalue weighted by molar-refractivity contribution is 7.90. The van der Waals surface area contributed by atoms with Gasteiger partial charge in [0.05, 0.1) is 11.4 Å². The normalized spacial score (nSPS) is 14.9. The van der Waals surface area contributed by atoms with Crippen molar-refractivity contribution >= 4 is 35.9 Å². The van der Waals surface area contributed by atoms with Gasteiger partial charge in [-0.1, -0.05) is 0 Å². The van der Waals surface area contributed by atoms with Crippen molar-refractivity contribution < 1.29 is 24.4 Å². The van der Waals surface area contributed by atoms with E-state index in [2.05, 4.69) is 17.4 Å². The Morgan fingerprint density at radius 3 is 2.38 bits per heavy atom. The molecule has 0 aromatic heterocycles. The van der Waals surface area contributed by atoms with Gasteiger partial charge in [0.2, 0.25) is 5.75 Å². The van der Waals surface area contributed by atoms with Crippen LogP contribution in [-0.2, 0) is 21.0 Å². The molecule has 0 saturated heterocycles. The number of hydrogen-bond donors (Lipinski definition) is 4. The first-order valence-electron chi connectivity index (χ1n) is 3.17. The molecule has 0 aromatic rings. The number of carbonyl (C=O) groups is 2. The van der Waals surface area contributed by atoms with E-state index < -0.39 is 35.1 Å². The molecule has 0 spiro atoms. The number of rotatable bonds is 6. The molecule has 0 saturated carbocycles. The molecular weight excluding hydrogens is 218 g/mol. The molecule has 2 atom stereocenters. The van der Waals surface area contributed by atoms with Gasteiger partial charge >= 0.3 is 11.9 Å². The van der Waals surface area contributed by atoms with E-state index in [9.17, 15) is 14.1 Å². The zero-order valence-electron chi connectivity index (χ0n) is 6.47. The van der Waals surface area contributed by atoms with Gasteiger partial charge in [-0.2, -0.15) is 12.6 Å². The van der Waals surface area contributed by atoms with Crippen molar-refractivity contribution in [2.45, 2.75) is 6.04 Å². The minimum Gasteiger partial charge on any atom is -0.598 e. The Bertz CT molecular complexity index is 199. The van der Waals surface area contributed by atoms with E-state index in [1.807, 2.05) is 0 Å². The van der Waals surface area contributed by atoms with Gasteiger partial charge in [0.15, 0.2) is 6.04 Å². The second-order valence-electron chi connectivity index (χ2n) is 2.07. The summed E-state index contributed by atoms with van der Waals surface area (Å²) in [5.41, 5.74) is 0. The predicted molar refractivity (Wildman–Crippen MR) is 49.1 cm³/mol. The molecule has 0 rings (SSSR count). The molecule has 0 amide bonds. The molecule has 6 nitrogen and oxygen atoms in total. The quantitative estimate of drug-likeness (QED) is 0.332. The van der Waals surface area contributed by atoms with Crippen molar-refractivity contribution in [2.75, 3.05) is 11.5 Å². The highest BCUT2D eigenvalue weighted by atomic mass is 32.2. The van der Waals surface area contributed by atoms with Crippen molar-refractivity contribution in [1.29, 1.82) is 0 Å². The van der Waals surface area contributed by atoms with Crippen molar-refractivity contribution in [1.82, 2.24) is 4.72 Å². The van der Waals surface area contributed by atoms with E-state index in [0.717, 1.165) is 0 Å². The Morgan fingerprint density at radius 2 is 2.08 bits per heavy atom. The third-order valence-corrected chi connectivity index (χ3v) is 2.43. The fourth-order valence-electron chi connectivity index (χ4n) is 0.478. The number of aliphatic carboxylic acids is 2. The van der Waals surface area contributed by atoms with Crippen molar-refractivity contribution in [3.05, 3.63) is 0 Å². The second kappa shape index (κ2) is 6.08. The van der Waals surface area contributed by atoms with Crippen LogP contribution in [0.25, 0.3) is 0 Å². The molecule has 0 heterocycles. The summed E-state index contributed by atoms with van der Waals surface area (Å²) < 4.78 is 13.0. The third kappa shape index (κ3) is 5.75. The van der Waals surface area contributed by atoms with Crippen LogP contribution < -0.4 is 4.72 Å². The molecule has 2 unspecified atom stereocenters. The Morgan fingerprint density at radius 1 is 1.54 bits per heavy atom. The zero-order chi connectivity index (χ0) is 10.4. The Kier molecular flexibility index (Phi) is 5.88. The lowest BCUT2D eigenvalue weighted by atomic mass is 10.4. The summed E-state index contributed by atoms with van der Waals surface area (Å²) in [6, 6.07) is -1.09. The van der Waals surface area contributed by atoms with Gasteiger partial charge in [-0.3, -0.25) is 4.79 Å². The van der Waals surface area contributed by atoms with Gasteiger partial charge in [-0.05, 0) is 0 Å². The van der Waals surface area contributed by atoms with Crippen LogP contribution in [0.2, 0.25) is 0 Å². The summed E-state index contributed by atoms with van der Waals surface area (Å²) in [5.74, 6) is -3.15. The van der Waals surface area contributed by atoms with Crippen molar-refractivity contribution in [2.24, 2.45) is 0 Å². The largest absolute Gasteiger partial charge is 0.598 e. The first-order valence-corrected chi connectivity index (χ1v) is 5.12. The molecule has 0 aliphatic carbocycles. The van der Waals surface area contributed by atoms with E-state index in [-0.39, 0.29) is 5.75 Å². The minimum absolute atomic E-state index is 0.0549. The van der Waals surface area contributed by atoms with Gasteiger partial charge in [0, 0.05) is 5.75 Å². The lowest BCUT2D eigenvalue weighted by molar-refractivity contribution is -0.138. The zero-order valence-corrected chi connectivity index (χ0v) is 8.18. The monoisotopic (exact) mass is 227 g/mol. The number of thiol groups is 1. The van der Waals surface area contributed by atoms with Crippen LogP contribution in [0.1, 0.15) is 0 Å². The Labute approximate surface area is 83.0 Å². The lowest BCUT2D eigenvalue weighted by Gasteiger charge is -2.13. The van der Waals surface area contributed by atoms with Gasteiger partial charge in [0.1, 0.15) is 0 Å². The molecule has 0 fully saturated rings. The summed E-state index contributed by atoms with van der Waals surface area (Å²) >= 11 is 1.82. The summed E-state index contributed by atoms with van der Waals surface area (Å²) in [5, 5.41) is 16.7. The summed E-state index contributed by atoms with van der Waals surface area (Å²) in [7, 11) is 0. The number of hydrogen-bond acceptors (Lipinski definition) is 5. The number of carboxylic acid groups (broad SMARTS) is 2. The minimum atomic E-state index is -1.88. The smallest absolute Gasteiger partial charge is 0.355 e. The second-order valence-corrected chi connectivity index (χ2v) is 3.66. The van der Waals surface area contributed by atoms with E-state index >= 15 is 0 Å². The van der Waals surface area contributed by atoms with Crippen LogP contribution >= 0.6 is 12.6 Å². The fourth-order valence-corrected chi connectivity index (χ4v) is 1.66. The van der Waals surface area contributed by atoms with Crippen LogP contribution in [-0.4, -0.2) is 44.3 Å². The standard InChI is InChI=1S/C5H9NO5S2/c7-4(8)2-13(11)6-3(1-12)5(9)10/h3,6,12H,1-2H2,(H,7,8)(H,9,10). The molecule has 0 aliphatic heterocycles. The molecule has 0 aromatic carbocycles. The van der Waals surface area contributed by atoms with Gasteiger partial charge < -0.3 is 14.8 Å². The van der Waals surface area contributed by atoms with E-state index in [1.54, 1.807) is 0 Å². The molecule has 3 N–H and O–H groups in total. The third-order valence-electron chi connectivity index (χ3n) is 1.01. The van der Waals surface area contributed by atoms with E-state index in [0.29, 0.717) is 0 Å². The first-order chi connectivity index (χ1) is 5.97. The van der Waals surface area contributed by atoms with Crippen LogP contribution in [0.3, 0.4) is 0 Å². The van der Waals surface area contributed by atoms with E-state index in [1.165, 1.54) is 0 Å². The average Bonchev–Trinajstić information content (AvgIpc) is 1.98. The fraction of sp³-hybridized carbons (Fsp3) is 0.600. The average molecular weight is 227 g/mol. The maximum atomic E-state index is 10.8. The van der Waals surface area contributed by atoms with Crippen LogP contribution in [0.15, 0.2) is 0 Å². The molecular formula is C5H9NO5S2. The highest BCUT2D eigenvalue weighted by Gasteiger charge is 2.23. The Hall–Kier alpha value is -0.440. The summed E-state index contributed by atoms with van der Waals surface area (Å²) in [6.45, 7) is 0. The van der Waals surface area contributed by atoms with Gasteiger partial charge in [-0.25, -0.2) is 4.79 Å². The van der Waals surface area contributed by atoms with Crippen LogP contribution in [0, 0.1) is 0 Å². The van der Waals surface area contributed by atoms with E-state index in [4.69, 9.17) is 10.2 Å².